The smallest absolute Gasteiger partial charge is 0.0492 e. The highest BCUT2D eigenvalue weighted by Crippen LogP contribution is 2.31. The summed E-state index contributed by atoms with van der Waals surface area (Å²) in [6, 6.07) is 2.17. The molecule has 0 spiro atoms. The third kappa shape index (κ3) is 2.23. The van der Waals surface area contributed by atoms with E-state index in [1.54, 1.807) is 0 Å². The number of aryl methyl sites for hydroxylation is 1. The Labute approximate surface area is 91.9 Å². The van der Waals surface area contributed by atoms with E-state index in [2.05, 4.69) is 23.4 Å². The lowest BCUT2D eigenvalue weighted by Gasteiger charge is -2.30. The highest BCUT2D eigenvalue weighted by molar-refractivity contribution is 5.09. The van der Waals surface area contributed by atoms with Gasteiger partial charge in [-0.3, -0.25) is 4.68 Å². The van der Waals surface area contributed by atoms with E-state index in [-0.39, 0.29) is 0 Å². The third-order valence-corrected chi connectivity index (χ3v) is 3.58. The molecule has 84 valence electrons. The van der Waals surface area contributed by atoms with E-state index >= 15 is 0 Å². The summed E-state index contributed by atoms with van der Waals surface area (Å²) >= 11 is 0. The minimum absolute atomic E-state index is 0.672. The fourth-order valence-corrected chi connectivity index (χ4v) is 2.75. The van der Waals surface area contributed by atoms with Gasteiger partial charge in [0.2, 0.25) is 0 Å². The first-order chi connectivity index (χ1) is 7.33. The summed E-state index contributed by atoms with van der Waals surface area (Å²) in [6.45, 7) is 4.65. The molecular weight excluding hydrogens is 186 g/mol. The van der Waals surface area contributed by atoms with Crippen molar-refractivity contribution < 1.29 is 0 Å². The van der Waals surface area contributed by atoms with Gasteiger partial charge in [0.05, 0.1) is 0 Å². The van der Waals surface area contributed by atoms with E-state index < -0.39 is 0 Å². The molecule has 1 aromatic heterocycles. The zero-order valence-corrected chi connectivity index (χ0v) is 9.74. The van der Waals surface area contributed by atoms with Crippen molar-refractivity contribution in [2.45, 2.75) is 32.1 Å². The Bertz CT molecular complexity index is 300. The number of rotatable bonds is 3. The van der Waals surface area contributed by atoms with E-state index in [0.717, 1.165) is 5.92 Å². The van der Waals surface area contributed by atoms with Crippen LogP contribution in [0.25, 0.3) is 0 Å². The van der Waals surface area contributed by atoms with Crippen LogP contribution in [0.3, 0.4) is 0 Å². The molecule has 2 heterocycles. The van der Waals surface area contributed by atoms with Crippen molar-refractivity contribution in [2.24, 2.45) is 13.0 Å². The van der Waals surface area contributed by atoms with Crippen LogP contribution in [0, 0.1) is 5.92 Å². The normalized spacial score (nSPS) is 24.0. The maximum absolute atomic E-state index is 4.28. The van der Waals surface area contributed by atoms with Crippen molar-refractivity contribution in [1.29, 1.82) is 0 Å². The van der Waals surface area contributed by atoms with Crippen molar-refractivity contribution in [3.05, 3.63) is 18.0 Å². The quantitative estimate of drug-likeness (QED) is 0.820. The summed E-state index contributed by atoms with van der Waals surface area (Å²) in [5, 5.41) is 7.78. The average molecular weight is 207 g/mol. The van der Waals surface area contributed by atoms with E-state index in [4.69, 9.17) is 0 Å². The lowest BCUT2D eigenvalue weighted by Crippen LogP contribution is -2.33. The molecule has 3 heteroatoms. The molecule has 1 aliphatic heterocycles. The van der Waals surface area contributed by atoms with E-state index in [1.165, 1.54) is 38.0 Å². The van der Waals surface area contributed by atoms with Gasteiger partial charge in [0, 0.05) is 24.9 Å². The summed E-state index contributed by atoms with van der Waals surface area (Å²) in [4.78, 5) is 0. The topological polar surface area (TPSA) is 29.9 Å². The van der Waals surface area contributed by atoms with Gasteiger partial charge in [-0.25, -0.2) is 0 Å². The fraction of sp³-hybridized carbons (Fsp3) is 0.750. The molecule has 1 aromatic rings. The second kappa shape index (κ2) is 4.79. The molecule has 2 rings (SSSR count). The van der Waals surface area contributed by atoms with Crippen LogP contribution in [-0.4, -0.2) is 22.9 Å². The summed E-state index contributed by atoms with van der Waals surface area (Å²) in [5.41, 5.74) is 1.39. The Balaban J connectivity index is 2.12. The molecule has 1 aliphatic rings. The number of nitrogens with zero attached hydrogens (tertiary/aromatic N) is 2. The molecule has 1 fully saturated rings. The standard InChI is InChI=1S/C12H21N3/c1-3-11(10-5-4-7-13-9-10)12-6-8-14-15(12)2/h6,8,10-11,13H,3-5,7,9H2,1-2H3. The average Bonchev–Trinajstić information content (AvgIpc) is 2.68. The number of piperidine rings is 1. The van der Waals surface area contributed by atoms with Crippen LogP contribution >= 0.6 is 0 Å². The van der Waals surface area contributed by atoms with Crippen molar-refractivity contribution >= 4 is 0 Å². The van der Waals surface area contributed by atoms with Gasteiger partial charge >= 0.3 is 0 Å². The largest absolute Gasteiger partial charge is 0.316 e. The molecule has 1 saturated heterocycles. The first-order valence-corrected chi connectivity index (χ1v) is 6.01. The summed E-state index contributed by atoms with van der Waals surface area (Å²) in [7, 11) is 2.05. The van der Waals surface area contributed by atoms with Crippen LogP contribution < -0.4 is 5.32 Å². The summed E-state index contributed by atoms with van der Waals surface area (Å²) in [5.74, 6) is 1.46. The lowest BCUT2D eigenvalue weighted by molar-refractivity contribution is 0.307. The molecule has 0 bridgehead atoms. The van der Waals surface area contributed by atoms with E-state index in [0.29, 0.717) is 5.92 Å². The Hall–Kier alpha value is -0.830. The second-order valence-electron chi connectivity index (χ2n) is 4.50. The molecule has 2 unspecified atom stereocenters. The maximum atomic E-state index is 4.28. The zero-order chi connectivity index (χ0) is 10.7. The predicted molar refractivity (Wildman–Crippen MR) is 61.8 cm³/mol. The van der Waals surface area contributed by atoms with Gasteiger partial charge in [-0.2, -0.15) is 5.10 Å². The summed E-state index contributed by atoms with van der Waals surface area (Å²) in [6.07, 6.45) is 5.80. The van der Waals surface area contributed by atoms with Gasteiger partial charge in [0.15, 0.2) is 0 Å². The SMILES string of the molecule is CCC(c1ccnn1C)C1CCCNC1. The Morgan fingerprint density at radius 2 is 2.53 bits per heavy atom. The van der Waals surface area contributed by atoms with Crippen LogP contribution in [0.2, 0.25) is 0 Å². The number of hydrogen-bond donors (Lipinski definition) is 1. The lowest BCUT2D eigenvalue weighted by atomic mass is 9.82. The Morgan fingerprint density at radius 1 is 1.67 bits per heavy atom. The zero-order valence-electron chi connectivity index (χ0n) is 9.74. The van der Waals surface area contributed by atoms with Crippen LogP contribution in [0.1, 0.15) is 37.8 Å². The van der Waals surface area contributed by atoms with Gasteiger partial charge in [-0.1, -0.05) is 6.92 Å². The van der Waals surface area contributed by atoms with Gasteiger partial charge in [0.25, 0.3) is 0 Å². The monoisotopic (exact) mass is 207 g/mol. The Kier molecular flexibility index (Phi) is 3.41. The van der Waals surface area contributed by atoms with Crippen LogP contribution in [0.15, 0.2) is 12.3 Å². The minimum atomic E-state index is 0.672. The maximum Gasteiger partial charge on any atom is 0.0492 e. The number of aromatic nitrogens is 2. The highest BCUT2D eigenvalue weighted by Gasteiger charge is 2.25. The second-order valence-corrected chi connectivity index (χ2v) is 4.50. The molecule has 15 heavy (non-hydrogen) atoms. The number of hydrogen-bond acceptors (Lipinski definition) is 2. The molecule has 0 aromatic carbocycles. The van der Waals surface area contributed by atoms with Gasteiger partial charge in [-0.15, -0.1) is 0 Å². The molecule has 0 aliphatic carbocycles. The molecule has 0 amide bonds. The van der Waals surface area contributed by atoms with Crippen LogP contribution in [0.4, 0.5) is 0 Å². The van der Waals surface area contributed by atoms with Crippen molar-refractivity contribution in [2.75, 3.05) is 13.1 Å². The van der Waals surface area contributed by atoms with Crippen molar-refractivity contribution in [3.63, 3.8) is 0 Å². The van der Waals surface area contributed by atoms with Crippen LogP contribution in [-0.2, 0) is 7.05 Å². The van der Waals surface area contributed by atoms with Crippen molar-refractivity contribution in [3.8, 4) is 0 Å². The van der Waals surface area contributed by atoms with Gasteiger partial charge < -0.3 is 5.32 Å². The number of nitrogens with one attached hydrogen (secondary N) is 1. The molecule has 3 nitrogen and oxygen atoms in total. The van der Waals surface area contributed by atoms with Crippen molar-refractivity contribution in [1.82, 2.24) is 15.1 Å². The fourth-order valence-electron chi connectivity index (χ4n) is 2.75. The molecule has 0 radical (unpaired) electrons. The first kappa shape index (κ1) is 10.7. The molecule has 1 N–H and O–H groups in total. The summed E-state index contributed by atoms with van der Waals surface area (Å²) < 4.78 is 2.03. The van der Waals surface area contributed by atoms with Gasteiger partial charge in [-0.05, 0) is 44.3 Å². The molecule has 0 saturated carbocycles. The minimum Gasteiger partial charge on any atom is -0.316 e. The first-order valence-electron chi connectivity index (χ1n) is 6.01. The highest BCUT2D eigenvalue weighted by atomic mass is 15.3. The Morgan fingerprint density at radius 3 is 3.07 bits per heavy atom. The van der Waals surface area contributed by atoms with Crippen LogP contribution in [0.5, 0.6) is 0 Å². The molecular formula is C12H21N3. The molecule has 2 atom stereocenters. The van der Waals surface area contributed by atoms with E-state index in [9.17, 15) is 0 Å². The third-order valence-electron chi connectivity index (χ3n) is 3.58. The van der Waals surface area contributed by atoms with Gasteiger partial charge in [0.1, 0.15) is 0 Å². The predicted octanol–water partition coefficient (Wildman–Crippen LogP) is 1.91. The van der Waals surface area contributed by atoms with E-state index in [1.807, 2.05) is 17.9 Å².